The fourth-order valence-electron chi connectivity index (χ4n) is 0.995. The van der Waals surface area contributed by atoms with Crippen molar-refractivity contribution in [2.75, 3.05) is 13.7 Å². The minimum absolute atomic E-state index is 0.241. The molecule has 0 amide bonds. The average molecular weight is 468 g/mol. The number of nitrogens with zero attached hydrogens (tertiary/aromatic N) is 1. The maximum atomic E-state index is 10.7. The molecule has 0 rings (SSSR count). The quantitative estimate of drug-likeness (QED) is 0.111. The van der Waals surface area contributed by atoms with Crippen LogP contribution in [0.25, 0.3) is 0 Å². The van der Waals surface area contributed by atoms with Crippen molar-refractivity contribution in [3.63, 3.8) is 0 Å². The topological polar surface area (TPSA) is 128 Å². The molecule has 0 heterocycles. The summed E-state index contributed by atoms with van der Waals surface area (Å²) in [4.78, 5) is 19.7. The zero-order valence-electron chi connectivity index (χ0n) is 13.4. The van der Waals surface area contributed by atoms with Crippen LogP contribution in [0.1, 0.15) is 20.8 Å². The van der Waals surface area contributed by atoms with Crippen LogP contribution in [0.2, 0.25) is 0 Å². The molecule has 0 saturated carbocycles. The van der Waals surface area contributed by atoms with Crippen LogP contribution in [0.5, 0.6) is 0 Å². The molecule has 0 aromatic carbocycles. The van der Waals surface area contributed by atoms with E-state index in [4.69, 9.17) is 63.6 Å². The van der Waals surface area contributed by atoms with Crippen molar-refractivity contribution in [3.05, 3.63) is 21.3 Å². The van der Waals surface area contributed by atoms with Gasteiger partial charge in [0.05, 0.1) is 42.4 Å². The molecule has 0 aliphatic heterocycles. The molecule has 0 aromatic heterocycles. The Balaban J connectivity index is 0. The minimum Gasteiger partial charge on any atom is -0.466 e. The van der Waals surface area contributed by atoms with Gasteiger partial charge in [0.25, 0.3) is 0 Å². The summed E-state index contributed by atoms with van der Waals surface area (Å²) < 4.78 is 12.4. The average Bonchev–Trinajstić information content (AvgIpc) is 2.58. The fraction of sp³-hybridized carbons (Fsp3) is 0.727. The Labute approximate surface area is 168 Å². The summed E-state index contributed by atoms with van der Waals surface area (Å²) in [7, 11) is 1.38. The molecule has 0 aliphatic carbocycles. The molecule has 0 aromatic rings. The predicted molar refractivity (Wildman–Crippen MR) is 92.0 cm³/mol. The summed E-state index contributed by atoms with van der Waals surface area (Å²) in [5, 5.41) is 19.4. The van der Waals surface area contributed by atoms with E-state index in [1.165, 1.54) is 7.11 Å². The number of hydrogen-bond acceptors (Lipinski definition) is 8. The number of methoxy groups -OCH3 is 1. The molecule has 2 N–H and O–H groups in total. The number of rotatable bonds is 7. The predicted octanol–water partition coefficient (Wildman–Crippen LogP) is 2.87. The smallest absolute Gasteiger partial charge is 0.451 e. The Morgan fingerprint density at radius 3 is 1.76 bits per heavy atom. The van der Waals surface area contributed by atoms with Crippen LogP contribution in [0, 0.1) is 10.1 Å². The van der Waals surface area contributed by atoms with Gasteiger partial charge in [-0.05, 0) is 32.4 Å². The number of carbonyl (C=O) groups excluding carboxylic acids is 1. The molecular formula is C11H16Cl5NO8. The molecule has 0 aliphatic rings. The molecule has 148 valence electrons. The Morgan fingerprint density at radius 2 is 1.60 bits per heavy atom. The molecular weight excluding hydrogens is 451 g/mol. The number of nitro groups is 1. The van der Waals surface area contributed by atoms with E-state index in [1.54, 1.807) is 6.92 Å². The minimum atomic E-state index is -3.50. The van der Waals surface area contributed by atoms with Crippen LogP contribution in [-0.4, -0.2) is 50.1 Å². The lowest BCUT2D eigenvalue weighted by atomic mass is 10.1. The Kier molecular flexibility index (Phi) is 11.8. The highest BCUT2D eigenvalue weighted by Crippen LogP contribution is 2.48. The summed E-state index contributed by atoms with van der Waals surface area (Å²) in [6, 6.07) is 0. The van der Waals surface area contributed by atoms with Gasteiger partial charge in [0.2, 0.25) is 5.06 Å². The molecule has 0 radical (unpaired) electrons. The number of hydrogen-bond donors (Lipinski definition) is 2. The van der Waals surface area contributed by atoms with E-state index in [9.17, 15) is 20.0 Å². The third kappa shape index (κ3) is 6.23. The van der Waals surface area contributed by atoms with E-state index >= 15 is 0 Å². The largest absolute Gasteiger partial charge is 0.466 e. The third-order valence-electron chi connectivity index (χ3n) is 2.80. The van der Waals surface area contributed by atoms with Gasteiger partial charge in [-0.3, -0.25) is 10.1 Å². The number of halogens is 5. The van der Waals surface area contributed by atoms with E-state index in [0.717, 1.165) is 5.57 Å². The van der Waals surface area contributed by atoms with Crippen LogP contribution in [0.15, 0.2) is 11.1 Å². The monoisotopic (exact) mass is 465 g/mol. The number of alkyl halides is 3. The molecule has 0 saturated heterocycles. The van der Waals surface area contributed by atoms with Gasteiger partial charge in [0.15, 0.2) is 0 Å². The normalized spacial score (nSPS) is 17.7. The maximum absolute atomic E-state index is 10.7. The summed E-state index contributed by atoms with van der Waals surface area (Å²) in [5.74, 6) is -0.241. The van der Waals surface area contributed by atoms with E-state index in [0.29, 0.717) is 5.57 Å². The first-order valence-corrected chi connectivity index (χ1v) is 7.83. The molecule has 3 atom stereocenters. The first-order valence-electron chi connectivity index (χ1n) is 6.08. The summed E-state index contributed by atoms with van der Waals surface area (Å²) in [6.45, 7) is 4.32. The number of aliphatic hydroxyl groups is 2. The van der Waals surface area contributed by atoms with E-state index in [-0.39, 0.29) is 5.97 Å². The second kappa shape index (κ2) is 10.9. The van der Waals surface area contributed by atoms with Gasteiger partial charge in [-0.15, -0.1) is 0 Å². The molecule has 9 nitrogen and oxygen atoms in total. The number of ether oxygens (including phenoxy) is 1. The van der Waals surface area contributed by atoms with Gasteiger partial charge in [0.1, 0.15) is 0 Å². The van der Waals surface area contributed by atoms with Gasteiger partial charge < -0.3 is 14.9 Å². The van der Waals surface area contributed by atoms with Gasteiger partial charge in [-0.25, -0.2) is 13.4 Å². The lowest BCUT2D eigenvalue weighted by Gasteiger charge is -2.37. The molecule has 0 fully saturated rings. The van der Waals surface area contributed by atoms with Crippen molar-refractivity contribution in [1.82, 2.24) is 0 Å². The fourth-order valence-corrected chi connectivity index (χ4v) is 2.08. The summed E-state index contributed by atoms with van der Waals surface area (Å²) in [5.41, 5.74) is 1.69. The zero-order valence-corrected chi connectivity index (χ0v) is 17.2. The van der Waals surface area contributed by atoms with E-state index in [2.05, 4.69) is 13.3 Å². The highest BCUT2D eigenvalue weighted by Gasteiger charge is 2.73. The van der Waals surface area contributed by atoms with Crippen molar-refractivity contribution in [1.29, 1.82) is 0 Å². The Hall–Kier alpha value is -0.1000. The first kappa shape index (κ1) is 27.1. The number of aliphatic hydroxyl groups excluding tert-OH is 1. The number of allylic oxidation sites excluding steroid dienone is 1. The standard InChI is InChI=1S/C7H12O2.C4H4Cl5NO6/c1-5(2)6(3)7(8)9-4;5-2(1-11,15-8)3(6,16-9)4(7,12)10(13)14/h1-4H3;11-12H,1H2. The van der Waals surface area contributed by atoms with E-state index in [1.807, 2.05) is 13.8 Å². The first-order chi connectivity index (χ1) is 11.2. The van der Waals surface area contributed by atoms with Crippen LogP contribution < -0.4 is 0 Å². The number of carbonyl (C=O) groups is 1. The second-order valence-corrected chi connectivity index (χ2v) is 6.58. The van der Waals surface area contributed by atoms with Crippen LogP contribution in [0.3, 0.4) is 0 Å². The lowest BCUT2D eigenvalue weighted by Crippen LogP contribution is -2.64. The van der Waals surface area contributed by atoms with E-state index < -0.39 is 26.8 Å². The van der Waals surface area contributed by atoms with Crippen molar-refractivity contribution in [3.8, 4) is 0 Å². The summed E-state index contributed by atoms with van der Waals surface area (Å²) in [6.07, 6.45) is 0. The zero-order chi connectivity index (χ0) is 20.6. The van der Waals surface area contributed by atoms with Crippen molar-refractivity contribution in [2.24, 2.45) is 0 Å². The number of esters is 1. The SMILES string of the molecule is COC(=O)C(C)=C(C)C.O=[N+]([O-])C(O)(Cl)C(Cl)(OCl)C(Cl)(CO)OCl. The highest BCUT2D eigenvalue weighted by atomic mass is 35.5. The second-order valence-electron chi connectivity index (χ2n) is 4.60. The molecule has 25 heavy (non-hydrogen) atoms. The van der Waals surface area contributed by atoms with Crippen LogP contribution >= 0.6 is 58.5 Å². The molecule has 14 heteroatoms. The van der Waals surface area contributed by atoms with Gasteiger partial charge in [-0.1, -0.05) is 28.8 Å². The lowest BCUT2D eigenvalue weighted by molar-refractivity contribution is -0.612. The van der Waals surface area contributed by atoms with Crippen molar-refractivity contribution >= 4 is 64.5 Å². The van der Waals surface area contributed by atoms with Gasteiger partial charge in [-0.2, -0.15) is 0 Å². The maximum Gasteiger partial charge on any atom is 0.451 e. The molecule has 3 unspecified atom stereocenters. The van der Waals surface area contributed by atoms with Crippen molar-refractivity contribution < 1.29 is 33.2 Å². The van der Waals surface area contributed by atoms with Crippen LogP contribution in [-0.2, 0) is 18.1 Å². The summed E-state index contributed by atoms with van der Waals surface area (Å²) >= 11 is 25.7. The third-order valence-corrected chi connectivity index (χ3v) is 5.16. The molecule has 0 bridgehead atoms. The Morgan fingerprint density at radius 1 is 1.16 bits per heavy atom. The van der Waals surface area contributed by atoms with Crippen LogP contribution in [0.4, 0.5) is 0 Å². The van der Waals surface area contributed by atoms with Crippen molar-refractivity contribution in [2.45, 2.75) is 36.1 Å². The van der Waals surface area contributed by atoms with Gasteiger partial charge >= 0.3 is 16.2 Å². The molecule has 0 spiro atoms. The Bertz CT molecular complexity index is 507. The van der Waals surface area contributed by atoms with Gasteiger partial charge in [0, 0.05) is 5.57 Å². The highest BCUT2D eigenvalue weighted by molar-refractivity contribution is 6.40.